The molecule has 0 bridgehead atoms. The molecule has 28 heavy (non-hydrogen) atoms. The largest absolute Gasteiger partial charge is 0.486 e. The van der Waals surface area contributed by atoms with Crippen LogP contribution in [-0.4, -0.2) is 43.2 Å². The molecule has 3 heterocycles. The van der Waals surface area contributed by atoms with Crippen LogP contribution >= 0.6 is 11.3 Å². The number of fused-ring (bicyclic) bond motifs is 2. The second-order valence-electron chi connectivity index (χ2n) is 7.85. The van der Waals surface area contributed by atoms with Gasteiger partial charge < -0.3 is 19.7 Å². The summed E-state index contributed by atoms with van der Waals surface area (Å²) in [5.41, 5.74) is 3.30. The SMILES string of the molecule is O=C(c1csc2c1CCCC2)N1CCC[C@H](Nc2ccc3c(c2)OCCO3)C1. The van der Waals surface area contributed by atoms with Crippen LogP contribution in [0.25, 0.3) is 0 Å². The highest BCUT2D eigenvalue weighted by Crippen LogP contribution is 2.34. The molecule has 6 heteroatoms. The Morgan fingerprint density at radius 2 is 1.96 bits per heavy atom. The Bertz CT molecular complexity index is 879. The Labute approximate surface area is 169 Å². The summed E-state index contributed by atoms with van der Waals surface area (Å²) in [7, 11) is 0. The van der Waals surface area contributed by atoms with E-state index >= 15 is 0 Å². The summed E-state index contributed by atoms with van der Waals surface area (Å²) in [5, 5.41) is 5.69. The number of nitrogens with one attached hydrogen (secondary N) is 1. The maximum absolute atomic E-state index is 13.2. The Balaban J connectivity index is 1.27. The summed E-state index contributed by atoms with van der Waals surface area (Å²) in [6.45, 7) is 2.79. The first-order valence-electron chi connectivity index (χ1n) is 10.3. The minimum Gasteiger partial charge on any atom is -0.486 e. The van der Waals surface area contributed by atoms with Gasteiger partial charge in [0.2, 0.25) is 0 Å². The molecule has 0 saturated carbocycles. The zero-order valence-corrected chi connectivity index (χ0v) is 16.9. The predicted molar refractivity (Wildman–Crippen MR) is 111 cm³/mol. The average Bonchev–Trinajstić information content (AvgIpc) is 3.17. The number of carbonyl (C=O) groups is 1. The molecule has 1 N–H and O–H groups in total. The summed E-state index contributed by atoms with van der Waals surface area (Å²) in [4.78, 5) is 16.7. The van der Waals surface area contributed by atoms with Crippen molar-refractivity contribution >= 4 is 22.9 Å². The molecular weight excluding hydrogens is 372 g/mol. The summed E-state index contributed by atoms with van der Waals surface area (Å²) in [6, 6.07) is 6.25. The van der Waals surface area contributed by atoms with Crippen molar-refractivity contribution in [3.8, 4) is 11.5 Å². The molecule has 0 radical (unpaired) electrons. The number of rotatable bonds is 3. The van der Waals surface area contributed by atoms with E-state index in [0.29, 0.717) is 13.2 Å². The van der Waals surface area contributed by atoms with Gasteiger partial charge in [0.05, 0.1) is 5.56 Å². The standard InChI is InChI=1S/C22H26N2O3S/c25-22(18-14-28-21-6-2-1-5-17(18)21)24-9-3-4-16(13-24)23-15-7-8-19-20(12-15)27-11-10-26-19/h7-8,12,14,16,23H,1-6,9-11,13H2/t16-/m0/s1. The molecule has 1 atom stereocenters. The van der Waals surface area contributed by atoms with Crippen molar-refractivity contribution in [2.24, 2.45) is 0 Å². The van der Waals surface area contributed by atoms with Gasteiger partial charge in [0, 0.05) is 41.1 Å². The van der Waals surface area contributed by atoms with Gasteiger partial charge in [-0.2, -0.15) is 0 Å². The van der Waals surface area contributed by atoms with Crippen molar-refractivity contribution in [3.63, 3.8) is 0 Å². The van der Waals surface area contributed by atoms with Gasteiger partial charge >= 0.3 is 0 Å². The Morgan fingerprint density at radius 1 is 1.11 bits per heavy atom. The third-order valence-electron chi connectivity index (χ3n) is 5.91. The second-order valence-corrected chi connectivity index (χ2v) is 8.82. The van der Waals surface area contributed by atoms with Crippen LogP contribution in [0.4, 0.5) is 5.69 Å². The lowest BCUT2D eigenvalue weighted by Crippen LogP contribution is -2.45. The zero-order chi connectivity index (χ0) is 18.9. The topological polar surface area (TPSA) is 50.8 Å². The number of hydrogen-bond acceptors (Lipinski definition) is 5. The van der Waals surface area contributed by atoms with Crippen LogP contribution in [0.5, 0.6) is 11.5 Å². The molecule has 148 valence electrons. The van der Waals surface area contributed by atoms with Crippen molar-refractivity contribution in [2.45, 2.75) is 44.6 Å². The normalized spacial score (nSPS) is 21.1. The fourth-order valence-corrected chi connectivity index (χ4v) is 5.61. The van der Waals surface area contributed by atoms with Crippen LogP contribution in [0.3, 0.4) is 0 Å². The van der Waals surface area contributed by atoms with Gasteiger partial charge in [0.25, 0.3) is 5.91 Å². The van der Waals surface area contributed by atoms with Gasteiger partial charge in [-0.3, -0.25) is 4.79 Å². The fraction of sp³-hybridized carbons (Fsp3) is 0.500. The van der Waals surface area contributed by atoms with Crippen molar-refractivity contribution in [2.75, 3.05) is 31.6 Å². The molecule has 0 unspecified atom stereocenters. The molecule has 0 spiro atoms. The van der Waals surface area contributed by atoms with Crippen LogP contribution in [-0.2, 0) is 12.8 Å². The number of carbonyl (C=O) groups excluding carboxylic acids is 1. The molecule has 1 aromatic heterocycles. The number of hydrogen-bond donors (Lipinski definition) is 1. The molecule has 1 aliphatic carbocycles. The van der Waals surface area contributed by atoms with E-state index in [4.69, 9.17) is 9.47 Å². The van der Waals surface area contributed by atoms with Crippen molar-refractivity contribution in [1.82, 2.24) is 4.90 Å². The van der Waals surface area contributed by atoms with E-state index in [1.54, 1.807) is 11.3 Å². The first-order valence-corrected chi connectivity index (χ1v) is 11.2. The number of aryl methyl sites for hydroxylation is 1. The van der Waals surface area contributed by atoms with Crippen LogP contribution in [0, 0.1) is 0 Å². The van der Waals surface area contributed by atoms with Gasteiger partial charge in [-0.15, -0.1) is 11.3 Å². The minimum atomic E-state index is 0.216. The number of likely N-dealkylation sites (tertiary alicyclic amines) is 1. The number of piperidine rings is 1. The van der Waals surface area contributed by atoms with Crippen molar-refractivity contribution < 1.29 is 14.3 Å². The maximum Gasteiger partial charge on any atom is 0.255 e. The lowest BCUT2D eigenvalue weighted by Gasteiger charge is -2.34. The van der Waals surface area contributed by atoms with Crippen LogP contribution < -0.4 is 14.8 Å². The third kappa shape index (κ3) is 3.46. The maximum atomic E-state index is 13.2. The summed E-state index contributed by atoms with van der Waals surface area (Å²) < 4.78 is 11.3. The summed E-state index contributed by atoms with van der Waals surface area (Å²) in [6.07, 6.45) is 6.76. The van der Waals surface area contributed by atoms with Gasteiger partial charge in [-0.25, -0.2) is 0 Å². The number of thiophene rings is 1. The number of nitrogens with zero attached hydrogens (tertiary/aromatic N) is 1. The monoisotopic (exact) mass is 398 g/mol. The average molecular weight is 399 g/mol. The molecule has 2 aliphatic heterocycles. The molecule has 1 saturated heterocycles. The lowest BCUT2D eigenvalue weighted by molar-refractivity contribution is 0.0714. The van der Waals surface area contributed by atoms with Gasteiger partial charge in [-0.05, 0) is 56.2 Å². The lowest BCUT2D eigenvalue weighted by atomic mass is 9.95. The quantitative estimate of drug-likeness (QED) is 0.845. The van der Waals surface area contributed by atoms with Gasteiger partial charge in [-0.1, -0.05) is 0 Å². The van der Waals surface area contributed by atoms with Gasteiger partial charge in [0.15, 0.2) is 11.5 Å². The highest BCUT2D eigenvalue weighted by Gasteiger charge is 2.28. The molecule has 3 aliphatic rings. The number of anilines is 1. The summed E-state index contributed by atoms with van der Waals surface area (Å²) >= 11 is 1.77. The third-order valence-corrected chi connectivity index (χ3v) is 7.00. The number of benzene rings is 1. The van der Waals surface area contributed by atoms with Crippen molar-refractivity contribution in [3.05, 3.63) is 39.6 Å². The highest BCUT2D eigenvalue weighted by molar-refractivity contribution is 7.10. The van der Waals surface area contributed by atoms with Gasteiger partial charge in [0.1, 0.15) is 13.2 Å². The van der Waals surface area contributed by atoms with Crippen LogP contribution in [0.15, 0.2) is 23.6 Å². The molecule has 1 fully saturated rings. The predicted octanol–water partition coefficient (Wildman–Crippen LogP) is 4.11. The molecule has 5 rings (SSSR count). The molecule has 5 nitrogen and oxygen atoms in total. The van der Waals surface area contributed by atoms with Crippen LogP contribution in [0.2, 0.25) is 0 Å². The van der Waals surface area contributed by atoms with Crippen LogP contribution in [0.1, 0.15) is 46.5 Å². The van der Waals surface area contributed by atoms with Crippen molar-refractivity contribution in [1.29, 1.82) is 0 Å². The molecule has 1 amide bonds. The van der Waals surface area contributed by atoms with E-state index < -0.39 is 0 Å². The number of ether oxygens (including phenoxy) is 2. The van der Waals surface area contributed by atoms with E-state index in [2.05, 4.69) is 10.7 Å². The Morgan fingerprint density at radius 3 is 2.89 bits per heavy atom. The van der Waals surface area contributed by atoms with E-state index in [-0.39, 0.29) is 11.9 Å². The summed E-state index contributed by atoms with van der Waals surface area (Å²) in [5.74, 6) is 1.82. The smallest absolute Gasteiger partial charge is 0.255 e. The highest BCUT2D eigenvalue weighted by atomic mass is 32.1. The van der Waals surface area contributed by atoms with E-state index in [1.165, 1.54) is 23.3 Å². The first-order chi connectivity index (χ1) is 13.8. The molecule has 1 aromatic carbocycles. The first kappa shape index (κ1) is 17.9. The van der Waals surface area contributed by atoms with E-state index in [0.717, 1.165) is 61.5 Å². The number of amides is 1. The van der Waals surface area contributed by atoms with E-state index in [9.17, 15) is 4.79 Å². The second kappa shape index (κ2) is 7.66. The fourth-order valence-electron chi connectivity index (χ4n) is 4.49. The minimum absolute atomic E-state index is 0.216. The molecule has 2 aromatic rings. The Hall–Kier alpha value is -2.21. The molecular formula is C22H26N2O3S. The Kier molecular flexibility index (Phi) is 4.89. The van der Waals surface area contributed by atoms with E-state index in [1.807, 2.05) is 23.1 Å². The zero-order valence-electron chi connectivity index (χ0n) is 16.0.